The van der Waals surface area contributed by atoms with Gasteiger partial charge in [-0.3, -0.25) is 4.68 Å². The zero-order chi connectivity index (χ0) is 16.2. The Labute approximate surface area is 137 Å². The Morgan fingerprint density at radius 2 is 2.22 bits per heavy atom. The molecular formula is C17H26N6. The zero-order valence-electron chi connectivity index (χ0n) is 14.3. The van der Waals surface area contributed by atoms with Gasteiger partial charge in [0.2, 0.25) is 0 Å². The van der Waals surface area contributed by atoms with Crippen LogP contribution in [0.25, 0.3) is 0 Å². The van der Waals surface area contributed by atoms with Crippen LogP contribution < -0.4 is 10.2 Å². The van der Waals surface area contributed by atoms with Crippen LogP contribution in [-0.4, -0.2) is 32.8 Å². The molecule has 1 aliphatic rings. The Kier molecular flexibility index (Phi) is 4.79. The molecule has 0 amide bonds. The molecule has 124 valence electrons. The molecule has 6 heteroatoms. The third-order valence-corrected chi connectivity index (χ3v) is 4.42. The van der Waals surface area contributed by atoms with Crippen molar-refractivity contribution in [2.75, 3.05) is 23.3 Å². The predicted octanol–water partition coefficient (Wildman–Crippen LogP) is 2.62. The van der Waals surface area contributed by atoms with Gasteiger partial charge in [0.25, 0.3) is 0 Å². The van der Waals surface area contributed by atoms with Gasteiger partial charge in [-0.15, -0.1) is 0 Å². The van der Waals surface area contributed by atoms with Crippen LogP contribution in [0.5, 0.6) is 0 Å². The molecule has 0 saturated carbocycles. The summed E-state index contributed by atoms with van der Waals surface area (Å²) in [5.41, 5.74) is 2.36. The number of rotatable bonds is 5. The number of nitrogens with zero attached hydrogens (tertiary/aromatic N) is 5. The van der Waals surface area contributed by atoms with Crippen molar-refractivity contribution in [1.29, 1.82) is 0 Å². The van der Waals surface area contributed by atoms with Crippen LogP contribution in [0.3, 0.4) is 0 Å². The minimum Gasteiger partial charge on any atom is -0.366 e. The number of nitrogens with one attached hydrogen (secondary N) is 1. The lowest BCUT2D eigenvalue weighted by Gasteiger charge is -2.31. The van der Waals surface area contributed by atoms with Crippen molar-refractivity contribution < 1.29 is 0 Å². The normalized spacial score (nSPS) is 18.2. The summed E-state index contributed by atoms with van der Waals surface area (Å²) in [5, 5.41) is 7.88. The molecule has 1 saturated heterocycles. The van der Waals surface area contributed by atoms with Gasteiger partial charge >= 0.3 is 0 Å². The lowest BCUT2D eigenvalue weighted by atomic mass is 10.0. The molecule has 0 radical (unpaired) electrons. The van der Waals surface area contributed by atoms with E-state index >= 15 is 0 Å². The molecule has 2 aromatic rings. The van der Waals surface area contributed by atoms with Gasteiger partial charge in [0, 0.05) is 44.5 Å². The van der Waals surface area contributed by atoms with E-state index in [0.717, 1.165) is 49.3 Å². The maximum absolute atomic E-state index is 4.48. The summed E-state index contributed by atoms with van der Waals surface area (Å²) in [7, 11) is 1.96. The van der Waals surface area contributed by atoms with Crippen LogP contribution in [0.4, 0.5) is 11.6 Å². The Bertz CT molecular complexity index is 650. The number of aryl methyl sites for hydroxylation is 2. The van der Waals surface area contributed by atoms with E-state index in [-0.39, 0.29) is 0 Å². The van der Waals surface area contributed by atoms with Crippen molar-refractivity contribution in [2.45, 2.75) is 39.7 Å². The van der Waals surface area contributed by atoms with E-state index in [0.29, 0.717) is 0 Å². The maximum Gasteiger partial charge on any atom is 0.134 e. The molecule has 1 fully saturated rings. The third-order valence-electron chi connectivity index (χ3n) is 4.42. The van der Waals surface area contributed by atoms with Crippen LogP contribution in [0.15, 0.2) is 18.6 Å². The molecule has 0 aliphatic carbocycles. The molecule has 1 unspecified atom stereocenters. The summed E-state index contributed by atoms with van der Waals surface area (Å²) in [5.74, 6) is 2.63. The van der Waals surface area contributed by atoms with Crippen molar-refractivity contribution in [1.82, 2.24) is 19.7 Å². The third kappa shape index (κ3) is 3.81. The van der Waals surface area contributed by atoms with Crippen LogP contribution in [-0.2, 0) is 20.0 Å². The van der Waals surface area contributed by atoms with E-state index in [9.17, 15) is 0 Å². The monoisotopic (exact) mass is 314 g/mol. The summed E-state index contributed by atoms with van der Waals surface area (Å²) in [4.78, 5) is 11.2. The van der Waals surface area contributed by atoms with E-state index in [1.807, 2.05) is 11.7 Å². The summed E-state index contributed by atoms with van der Waals surface area (Å²) >= 11 is 0. The van der Waals surface area contributed by atoms with Gasteiger partial charge in [-0.2, -0.15) is 5.10 Å². The highest BCUT2D eigenvalue weighted by atomic mass is 15.3. The smallest absolute Gasteiger partial charge is 0.134 e. The highest BCUT2D eigenvalue weighted by Gasteiger charge is 2.18. The molecule has 3 heterocycles. The fourth-order valence-corrected chi connectivity index (χ4v) is 3.23. The van der Waals surface area contributed by atoms with E-state index in [4.69, 9.17) is 0 Å². The first-order valence-corrected chi connectivity index (χ1v) is 8.48. The summed E-state index contributed by atoms with van der Waals surface area (Å²) < 4.78 is 1.87. The molecule has 0 bridgehead atoms. The first kappa shape index (κ1) is 15.8. The molecule has 1 N–H and O–H groups in total. The fourth-order valence-electron chi connectivity index (χ4n) is 3.23. The molecule has 3 rings (SSSR count). The van der Waals surface area contributed by atoms with Gasteiger partial charge in [0.1, 0.15) is 18.0 Å². The minimum atomic E-state index is 0.734. The number of aromatic nitrogens is 4. The largest absolute Gasteiger partial charge is 0.366 e. The molecule has 0 aromatic carbocycles. The number of hydrogen-bond acceptors (Lipinski definition) is 5. The molecule has 0 spiro atoms. The van der Waals surface area contributed by atoms with Crippen LogP contribution >= 0.6 is 0 Å². The summed E-state index contributed by atoms with van der Waals surface area (Å²) in [6.45, 7) is 7.35. The standard InChI is InChI=1S/C17H26N6/c1-4-15-14(11-22(3)21-15)9-18-16-8-17(20-12-19-16)23-7-5-6-13(2)10-23/h8,11-13H,4-7,9-10H2,1-3H3,(H,18,19,20). The summed E-state index contributed by atoms with van der Waals surface area (Å²) in [6, 6.07) is 2.06. The van der Waals surface area contributed by atoms with Crippen molar-refractivity contribution in [3.05, 3.63) is 29.8 Å². The molecular weight excluding hydrogens is 288 g/mol. The highest BCUT2D eigenvalue weighted by molar-refractivity contribution is 5.49. The number of anilines is 2. The quantitative estimate of drug-likeness (QED) is 0.919. The molecule has 1 atom stereocenters. The lowest BCUT2D eigenvalue weighted by Crippen LogP contribution is -2.34. The van der Waals surface area contributed by atoms with Gasteiger partial charge in [0.15, 0.2) is 0 Å². The molecule has 2 aromatic heterocycles. The topological polar surface area (TPSA) is 58.9 Å². The second-order valence-electron chi connectivity index (χ2n) is 6.44. The van der Waals surface area contributed by atoms with E-state index in [1.54, 1.807) is 6.33 Å². The minimum absolute atomic E-state index is 0.734. The van der Waals surface area contributed by atoms with Crippen LogP contribution in [0, 0.1) is 5.92 Å². The zero-order valence-corrected chi connectivity index (χ0v) is 14.3. The van der Waals surface area contributed by atoms with Crippen molar-refractivity contribution in [3.63, 3.8) is 0 Å². The average Bonchev–Trinajstić information content (AvgIpc) is 2.93. The SMILES string of the molecule is CCc1nn(C)cc1CNc1cc(N2CCCC(C)C2)ncn1. The number of piperidine rings is 1. The fraction of sp³-hybridized carbons (Fsp3) is 0.588. The Hall–Kier alpha value is -2.11. The van der Waals surface area contributed by atoms with Crippen LogP contribution in [0.2, 0.25) is 0 Å². The van der Waals surface area contributed by atoms with Gasteiger partial charge < -0.3 is 10.2 Å². The van der Waals surface area contributed by atoms with E-state index < -0.39 is 0 Å². The van der Waals surface area contributed by atoms with Gasteiger partial charge in [-0.25, -0.2) is 9.97 Å². The second-order valence-corrected chi connectivity index (χ2v) is 6.44. The first-order valence-electron chi connectivity index (χ1n) is 8.48. The lowest BCUT2D eigenvalue weighted by molar-refractivity contribution is 0.444. The molecule has 1 aliphatic heterocycles. The van der Waals surface area contributed by atoms with Crippen molar-refractivity contribution >= 4 is 11.6 Å². The van der Waals surface area contributed by atoms with Gasteiger partial charge in [-0.1, -0.05) is 13.8 Å². The number of hydrogen-bond donors (Lipinski definition) is 1. The van der Waals surface area contributed by atoms with E-state index in [2.05, 4.69) is 51.4 Å². The first-order chi connectivity index (χ1) is 11.2. The predicted molar refractivity (Wildman–Crippen MR) is 92.6 cm³/mol. The maximum atomic E-state index is 4.48. The van der Waals surface area contributed by atoms with Crippen LogP contribution in [0.1, 0.15) is 37.9 Å². The Morgan fingerprint density at radius 1 is 1.35 bits per heavy atom. The molecule has 23 heavy (non-hydrogen) atoms. The Balaban J connectivity index is 1.67. The Morgan fingerprint density at radius 3 is 3.00 bits per heavy atom. The molecule has 6 nitrogen and oxygen atoms in total. The highest BCUT2D eigenvalue weighted by Crippen LogP contribution is 2.22. The average molecular weight is 314 g/mol. The van der Waals surface area contributed by atoms with Gasteiger partial charge in [0.05, 0.1) is 5.69 Å². The second kappa shape index (κ2) is 6.98. The summed E-state index contributed by atoms with van der Waals surface area (Å²) in [6.07, 6.45) is 7.22. The van der Waals surface area contributed by atoms with Crippen molar-refractivity contribution in [3.8, 4) is 0 Å². The van der Waals surface area contributed by atoms with Gasteiger partial charge in [-0.05, 0) is 25.2 Å². The van der Waals surface area contributed by atoms with E-state index in [1.165, 1.54) is 18.4 Å². The van der Waals surface area contributed by atoms with Crippen molar-refractivity contribution in [2.24, 2.45) is 13.0 Å².